The number of ether oxygens (including phenoxy) is 4. The molecule has 0 heterocycles. The highest BCUT2D eigenvalue weighted by Crippen LogP contribution is 2.44. The summed E-state index contributed by atoms with van der Waals surface area (Å²) in [4.78, 5) is 111. The molecule has 0 fully saturated rings. The summed E-state index contributed by atoms with van der Waals surface area (Å²) in [6, 6.07) is 18.7. The van der Waals surface area contributed by atoms with Gasteiger partial charge in [-0.2, -0.15) is 0 Å². The second kappa shape index (κ2) is 34.6. The fourth-order valence-corrected chi connectivity index (χ4v) is 9.92. The Morgan fingerprint density at radius 1 is 0.537 bits per heavy atom. The number of rotatable bonds is 35. The Morgan fingerprint density at radius 3 is 1.61 bits per heavy atom. The highest BCUT2D eigenvalue weighted by molar-refractivity contribution is 5.97. The van der Waals surface area contributed by atoms with Gasteiger partial charge in [-0.05, 0) is 98.9 Å². The Kier molecular flexibility index (Phi) is 28.6. The molecule has 0 saturated carbocycles. The van der Waals surface area contributed by atoms with E-state index in [1.807, 2.05) is 113 Å². The van der Waals surface area contributed by atoms with Crippen molar-refractivity contribution in [3.63, 3.8) is 0 Å². The molecular formula is C65H95N5O12. The van der Waals surface area contributed by atoms with E-state index < -0.39 is 102 Å². The van der Waals surface area contributed by atoms with Crippen LogP contribution in [-0.2, 0) is 59.1 Å². The lowest BCUT2D eigenvalue weighted by Gasteiger charge is -2.29. The first kappa shape index (κ1) is 67.7. The van der Waals surface area contributed by atoms with Crippen LogP contribution in [0.4, 0.5) is 4.79 Å². The predicted molar refractivity (Wildman–Crippen MR) is 317 cm³/mol. The van der Waals surface area contributed by atoms with Gasteiger partial charge < -0.3 is 45.5 Å². The molecule has 0 aliphatic heterocycles. The summed E-state index contributed by atoms with van der Waals surface area (Å²) >= 11 is 0. The molecule has 3 aromatic carbocycles. The summed E-state index contributed by atoms with van der Waals surface area (Å²) in [6.07, 6.45) is 8.46. The lowest BCUT2D eigenvalue weighted by Crippen LogP contribution is -2.59. The van der Waals surface area contributed by atoms with Crippen molar-refractivity contribution < 1.29 is 57.3 Å². The maximum Gasteiger partial charge on any atom is 0.407 e. The number of unbranched alkanes of at least 4 members (excludes halogenated alkanes) is 8. The number of hydrogen-bond donors (Lipinski definition) is 5. The third kappa shape index (κ3) is 23.6. The smallest absolute Gasteiger partial charge is 0.407 e. The highest BCUT2D eigenvalue weighted by atomic mass is 16.6. The molecule has 82 heavy (non-hydrogen) atoms. The SMILES string of the molecule is CCCCCCCCCCCC(CC(=O)OCc1ccccc1)OC(=O)[C@@H](NC(=O)[C@@H](CC(C)C)NC(=O)[C@H](CC(=O)OC(C)(C)C)NC(=O)[C@H](C)NC(=O)[C@@H](CC(C)C)NC(=O)OCC1c2ccccc2-c2ccccc21)[C@@H](C)CC. The van der Waals surface area contributed by atoms with E-state index >= 15 is 0 Å². The van der Waals surface area contributed by atoms with Crippen LogP contribution in [0.1, 0.15) is 195 Å². The quantitative estimate of drug-likeness (QED) is 0.0210. The molecule has 1 aliphatic carbocycles. The number of amides is 5. The molecule has 452 valence electrons. The van der Waals surface area contributed by atoms with Gasteiger partial charge in [-0.3, -0.25) is 28.8 Å². The summed E-state index contributed by atoms with van der Waals surface area (Å²) in [6.45, 7) is 19.7. The molecule has 5 amide bonds. The lowest BCUT2D eigenvalue weighted by atomic mass is 9.97. The Labute approximate surface area is 487 Å². The van der Waals surface area contributed by atoms with Gasteiger partial charge in [-0.1, -0.05) is 185 Å². The van der Waals surface area contributed by atoms with Gasteiger partial charge in [0.15, 0.2) is 0 Å². The standard InChI is InChI=1S/C65H95N5O12/c1-12-14-15-16-17-18-19-20-24-31-47(38-56(71)79-40-46-29-22-21-23-30-46)81-63(77)58(44(7)13-2)70-62(76)53(36-42(3)4)68-61(75)55(39-57(72)82-65(9,10)11)67-59(73)45(8)66-60(74)54(37-43(5)6)69-64(78)80-41-52-50-34-27-25-32-48(50)49-33-26-28-35-51(49)52/h21-23,25-30,32-35,42-45,47,52-55,58H,12-20,24,31,36-41H2,1-11H3,(H,66,74)(H,67,73)(H,68,75)(H,69,78)(H,70,76)/t44-,45-,47?,53+,54+,55-,58-/m0/s1. The Morgan fingerprint density at radius 2 is 1.05 bits per heavy atom. The van der Waals surface area contributed by atoms with Crippen LogP contribution in [0, 0.1) is 17.8 Å². The van der Waals surface area contributed by atoms with Crippen molar-refractivity contribution in [1.29, 1.82) is 0 Å². The van der Waals surface area contributed by atoms with Gasteiger partial charge >= 0.3 is 24.0 Å². The average molecular weight is 1140 g/mol. The Balaban J connectivity index is 1.46. The maximum absolute atomic E-state index is 14.4. The van der Waals surface area contributed by atoms with Crippen molar-refractivity contribution in [2.75, 3.05) is 6.61 Å². The van der Waals surface area contributed by atoms with Crippen molar-refractivity contribution in [3.8, 4) is 11.1 Å². The van der Waals surface area contributed by atoms with E-state index in [2.05, 4.69) is 33.5 Å². The number of benzene rings is 3. The Hall–Kier alpha value is -6.78. The molecule has 5 N–H and O–H groups in total. The minimum Gasteiger partial charge on any atom is -0.461 e. The zero-order valence-corrected chi connectivity index (χ0v) is 50.7. The second-order valence-electron chi connectivity index (χ2n) is 23.8. The van der Waals surface area contributed by atoms with Crippen LogP contribution in [0.15, 0.2) is 78.9 Å². The van der Waals surface area contributed by atoms with Crippen LogP contribution in [0.5, 0.6) is 0 Å². The van der Waals surface area contributed by atoms with Crippen molar-refractivity contribution >= 4 is 47.6 Å². The van der Waals surface area contributed by atoms with E-state index in [1.165, 1.54) is 32.6 Å². The maximum atomic E-state index is 14.4. The summed E-state index contributed by atoms with van der Waals surface area (Å²) in [5.74, 6) is -6.07. The van der Waals surface area contributed by atoms with Crippen molar-refractivity contribution in [3.05, 3.63) is 95.6 Å². The number of carbonyl (C=O) groups is 8. The fraction of sp³-hybridized carbons (Fsp3) is 0.600. The molecule has 0 bridgehead atoms. The molecule has 0 radical (unpaired) electrons. The zero-order valence-electron chi connectivity index (χ0n) is 50.7. The number of hydrogen-bond acceptors (Lipinski definition) is 12. The minimum atomic E-state index is -1.59. The Bertz CT molecular complexity index is 2480. The number of fused-ring (bicyclic) bond motifs is 3. The molecule has 17 nitrogen and oxygen atoms in total. The van der Waals surface area contributed by atoms with E-state index in [1.54, 1.807) is 27.7 Å². The first-order valence-electron chi connectivity index (χ1n) is 29.9. The molecule has 0 saturated heterocycles. The zero-order chi connectivity index (χ0) is 60.4. The number of carbonyl (C=O) groups excluding carboxylic acids is 8. The second-order valence-corrected chi connectivity index (χ2v) is 23.8. The lowest BCUT2D eigenvalue weighted by molar-refractivity contribution is -0.160. The molecule has 0 aromatic heterocycles. The average Bonchev–Trinajstić information content (AvgIpc) is 3.98. The monoisotopic (exact) mass is 1140 g/mol. The summed E-state index contributed by atoms with van der Waals surface area (Å²) in [5, 5.41) is 13.5. The minimum absolute atomic E-state index is 0.0237. The molecule has 7 atom stereocenters. The first-order valence-corrected chi connectivity index (χ1v) is 29.9. The third-order valence-electron chi connectivity index (χ3n) is 14.5. The summed E-state index contributed by atoms with van der Waals surface area (Å²) < 4.78 is 23.0. The highest BCUT2D eigenvalue weighted by Gasteiger charge is 2.37. The van der Waals surface area contributed by atoms with Crippen LogP contribution >= 0.6 is 0 Å². The van der Waals surface area contributed by atoms with E-state index in [0.29, 0.717) is 19.3 Å². The number of esters is 3. The van der Waals surface area contributed by atoms with Gasteiger partial charge in [0.2, 0.25) is 23.6 Å². The third-order valence-corrected chi connectivity index (χ3v) is 14.5. The van der Waals surface area contributed by atoms with Gasteiger partial charge in [0, 0.05) is 5.92 Å². The predicted octanol–water partition coefficient (Wildman–Crippen LogP) is 10.7. The van der Waals surface area contributed by atoms with Crippen LogP contribution in [0.3, 0.4) is 0 Å². The van der Waals surface area contributed by atoms with E-state index in [0.717, 1.165) is 53.5 Å². The molecular weight excluding hydrogens is 1040 g/mol. The first-order chi connectivity index (χ1) is 39.0. The van der Waals surface area contributed by atoms with Gasteiger partial charge in [-0.25, -0.2) is 9.59 Å². The van der Waals surface area contributed by atoms with Gasteiger partial charge in [0.25, 0.3) is 0 Å². The van der Waals surface area contributed by atoms with Crippen LogP contribution in [0.25, 0.3) is 11.1 Å². The van der Waals surface area contributed by atoms with E-state index in [9.17, 15) is 38.4 Å². The van der Waals surface area contributed by atoms with Crippen molar-refractivity contribution in [2.24, 2.45) is 17.8 Å². The molecule has 1 unspecified atom stereocenters. The molecule has 1 aliphatic rings. The number of nitrogens with one attached hydrogen (secondary N) is 5. The van der Waals surface area contributed by atoms with Crippen molar-refractivity contribution in [1.82, 2.24) is 26.6 Å². The largest absolute Gasteiger partial charge is 0.461 e. The van der Waals surface area contributed by atoms with Gasteiger partial charge in [-0.15, -0.1) is 0 Å². The van der Waals surface area contributed by atoms with Crippen molar-refractivity contribution in [2.45, 2.75) is 227 Å². The summed E-state index contributed by atoms with van der Waals surface area (Å²) in [7, 11) is 0. The fourth-order valence-electron chi connectivity index (χ4n) is 9.92. The molecule has 4 rings (SSSR count). The van der Waals surface area contributed by atoms with Crippen LogP contribution in [0.2, 0.25) is 0 Å². The molecule has 17 heteroatoms. The molecule has 3 aromatic rings. The normalized spacial score (nSPS) is 14.6. The van der Waals surface area contributed by atoms with E-state index in [4.69, 9.17) is 18.9 Å². The van der Waals surface area contributed by atoms with Gasteiger partial charge in [0.1, 0.15) is 55.1 Å². The molecule has 0 spiro atoms. The number of alkyl carbamates (subject to hydrolysis) is 1. The summed E-state index contributed by atoms with van der Waals surface area (Å²) in [5.41, 5.74) is 4.04. The topological polar surface area (TPSA) is 234 Å². The van der Waals surface area contributed by atoms with Gasteiger partial charge in [0.05, 0.1) is 12.8 Å². The van der Waals surface area contributed by atoms with Crippen LogP contribution < -0.4 is 26.6 Å². The van der Waals surface area contributed by atoms with E-state index in [-0.39, 0.29) is 50.2 Å². The van der Waals surface area contributed by atoms with Crippen LogP contribution in [-0.4, -0.2) is 96.2 Å².